The molecule has 0 bridgehead atoms. The first-order chi connectivity index (χ1) is 12.5. The number of hydrogen-bond donors (Lipinski definition) is 2. The lowest BCUT2D eigenvalue weighted by Gasteiger charge is -2.36. The predicted molar refractivity (Wildman–Crippen MR) is 94.4 cm³/mol. The average molecular weight is 368 g/mol. The summed E-state index contributed by atoms with van der Waals surface area (Å²) in [6, 6.07) is -0.677. The van der Waals surface area contributed by atoms with Crippen molar-refractivity contribution in [2.75, 3.05) is 45.9 Å². The number of carbonyl (C=O) groups excluding carboxylic acids is 3. The van der Waals surface area contributed by atoms with Crippen molar-refractivity contribution in [3.63, 3.8) is 0 Å². The van der Waals surface area contributed by atoms with E-state index in [1.807, 2.05) is 6.92 Å². The second kappa shape index (κ2) is 9.42. The average Bonchev–Trinajstić information content (AvgIpc) is 2.62. The molecule has 2 heterocycles. The standard InChI is InChI=1S/C17H28N4O5/c1-4-12-14(15(22)25-5-2)13(19-16(23)18-12)11-20-7-9-21(10-8-20)17(24)26-6-3/h12H,4-11H2,1-3H3,(H2,18,19,23). The van der Waals surface area contributed by atoms with Gasteiger partial charge in [0.15, 0.2) is 0 Å². The number of amides is 3. The smallest absolute Gasteiger partial charge is 0.409 e. The molecule has 0 aliphatic carbocycles. The Balaban J connectivity index is 2.08. The van der Waals surface area contributed by atoms with Crippen LogP contribution in [0.2, 0.25) is 0 Å². The van der Waals surface area contributed by atoms with E-state index in [1.165, 1.54) is 0 Å². The summed E-state index contributed by atoms with van der Waals surface area (Å²) in [6.45, 7) is 8.86. The van der Waals surface area contributed by atoms with Crippen LogP contribution in [0.4, 0.5) is 9.59 Å². The fourth-order valence-electron chi connectivity index (χ4n) is 3.11. The Morgan fingerprint density at radius 3 is 2.31 bits per heavy atom. The van der Waals surface area contributed by atoms with E-state index >= 15 is 0 Å². The summed E-state index contributed by atoms with van der Waals surface area (Å²) in [5.41, 5.74) is 1.05. The zero-order chi connectivity index (χ0) is 19.1. The Hall–Kier alpha value is -2.29. The number of carbonyl (C=O) groups is 3. The Bertz CT molecular complexity index is 570. The van der Waals surface area contributed by atoms with Gasteiger partial charge < -0.3 is 25.0 Å². The zero-order valence-corrected chi connectivity index (χ0v) is 15.7. The third kappa shape index (κ3) is 4.87. The van der Waals surface area contributed by atoms with Crippen LogP contribution in [-0.4, -0.2) is 79.9 Å². The first-order valence-corrected chi connectivity index (χ1v) is 9.11. The quantitative estimate of drug-likeness (QED) is 0.669. The van der Waals surface area contributed by atoms with Crippen LogP contribution in [0.3, 0.4) is 0 Å². The maximum Gasteiger partial charge on any atom is 0.409 e. The van der Waals surface area contributed by atoms with Gasteiger partial charge in [0.25, 0.3) is 0 Å². The summed E-state index contributed by atoms with van der Waals surface area (Å²) in [5.74, 6) is -0.410. The second-order valence-electron chi connectivity index (χ2n) is 6.13. The van der Waals surface area contributed by atoms with Gasteiger partial charge in [-0.15, -0.1) is 0 Å². The van der Waals surface area contributed by atoms with Crippen LogP contribution in [0, 0.1) is 0 Å². The minimum atomic E-state index is -0.410. The molecule has 1 fully saturated rings. The predicted octanol–water partition coefficient (Wildman–Crippen LogP) is 0.669. The van der Waals surface area contributed by atoms with Crippen molar-refractivity contribution in [1.82, 2.24) is 20.4 Å². The van der Waals surface area contributed by atoms with Gasteiger partial charge in [-0.1, -0.05) is 6.92 Å². The van der Waals surface area contributed by atoms with E-state index in [-0.39, 0.29) is 24.8 Å². The van der Waals surface area contributed by atoms with Gasteiger partial charge in [-0.25, -0.2) is 14.4 Å². The van der Waals surface area contributed by atoms with Crippen molar-refractivity contribution in [2.45, 2.75) is 33.2 Å². The molecule has 0 saturated carbocycles. The molecule has 1 unspecified atom stereocenters. The number of esters is 1. The minimum absolute atomic E-state index is 0.276. The van der Waals surface area contributed by atoms with E-state index in [0.717, 1.165) is 0 Å². The molecule has 0 spiro atoms. The summed E-state index contributed by atoms with van der Waals surface area (Å²) in [5, 5.41) is 5.52. The lowest BCUT2D eigenvalue weighted by Crippen LogP contribution is -2.54. The van der Waals surface area contributed by atoms with E-state index in [0.29, 0.717) is 57.0 Å². The minimum Gasteiger partial charge on any atom is -0.463 e. The van der Waals surface area contributed by atoms with E-state index in [1.54, 1.807) is 18.7 Å². The van der Waals surface area contributed by atoms with Crippen molar-refractivity contribution in [2.24, 2.45) is 0 Å². The lowest BCUT2D eigenvalue weighted by molar-refractivity contribution is -0.139. The highest BCUT2D eigenvalue weighted by Crippen LogP contribution is 2.18. The molecule has 0 aromatic carbocycles. The van der Waals surface area contributed by atoms with Gasteiger partial charge in [-0.05, 0) is 20.3 Å². The number of urea groups is 1. The van der Waals surface area contributed by atoms with Gasteiger partial charge in [0.2, 0.25) is 0 Å². The first-order valence-electron chi connectivity index (χ1n) is 9.11. The summed E-state index contributed by atoms with van der Waals surface area (Å²) in [4.78, 5) is 39.9. The number of nitrogens with zero attached hydrogens (tertiary/aromatic N) is 2. The van der Waals surface area contributed by atoms with Gasteiger partial charge in [-0.3, -0.25) is 4.90 Å². The van der Waals surface area contributed by atoms with E-state index in [9.17, 15) is 14.4 Å². The number of hydrogen-bond acceptors (Lipinski definition) is 6. The van der Waals surface area contributed by atoms with Crippen molar-refractivity contribution < 1.29 is 23.9 Å². The van der Waals surface area contributed by atoms with Gasteiger partial charge in [0.1, 0.15) is 0 Å². The molecule has 0 aromatic heterocycles. The normalized spacial score (nSPS) is 21.1. The molecule has 2 N–H and O–H groups in total. The number of ether oxygens (including phenoxy) is 2. The van der Waals surface area contributed by atoms with E-state index in [2.05, 4.69) is 15.5 Å². The molecule has 1 atom stereocenters. The summed E-state index contributed by atoms with van der Waals surface area (Å²) >= 11 is 0. The molecule has 2 aliphatic rings. The molecule has 9 nitrogen and oxygen atoms in total. The highest BCUT2D eigenvalue weighted by Gasteiger charge is 2.33. The number of rotatable bonds is 6. The highest BCUT2D eigenvalue weighted by molar-refractivity contribution is 5.94. The second-order valence-corrected chi connectivity index (χ2v) is 6.13. The molecule has 1 saturated heterocycles. The summed E-state index contributed by atoms with van der Waals surface area (Å²) < 4.78 is 10.2. The highest BCUT2D eigenvalue weighted by atomic mass is 16.6. The maximum atomic E-state index is 12.4. The van der Waals surface area contributed by atoms with Crippen LogP contribution in [-0.2, 0) is 14.3 Å². The molecule has 9 heteroatoms. The van der Waals surface area contributed by atoms with Gasteiger partial charge in [0, 0.05) is 38.4 Å². The monoisotopic (exact) mass is 368 g/mol. The largest absolute Gasteiger partial charge is 0.463 e. The van der Waals surface area contributed by atoms with Crippen molar-refractivity contribution in [3.05, 3.63) is 11.3 Å². The number of nitrogens with one attached hydrogen (secondary N) is 2. The molecule has 0 radical (unpaired) electrons. The number of piperazine rings is 1. The molecular formula is C17H28N4O5. The van der Waals surface area contributed by atoms with Crippen molar-refractivity contribution >= 4 is 18.1 Å². The van der Waals surface area contributed by atoms with Gasteiger partial charge in [0.05, 0.1) is 24.8 Å². The lowest BCUT2D eigenvalue weighted by atomic mass is 10.00. The van der Waals surface area contributed by atoms with Crippen LogP contribution < -0.4 is 10.6 Å². The van der Waals surface area contributed by atoms with E-state index < -0.39 is 5.97 Å². The molecule has 2 rings (SSSR count). The molecule has 2 aliphatic heterocycles. The maximum absolute atomic E-state index is 12.4. The van der Waals surface area contributed by atoms with Crippen LogP contribution in [0.15, 0.2) is 11.3 Å². The van der Waals surface area contributed by atoms with Crippen LogP contribution >= 0.6 is 0 Å². The van der Waals surface area contributed by atoms with E-state index in [4.69, 9.17) is 9.47 Å². The van der Waals surface area contributed by atoms with Gasteiger partial charge in [-0.2, -0.15) is 0 Å². The van der Waals surface area contributed by atoms with Crippen LogP contribution in [0.5, 0.6) is 0 Å². The third-order valence-corrected chi connectivity index (χ3v) is 4.43. The first kappa shape index (κ1) is 20.0. The molecule has 26 heavy (non-hydrogen) atoms. The zero-order valence-electron chi connectivity index (χ0n) is 15.7. The Morgan fingerprint density at radius 1 is 1.08 bits per heavy atom. The molecule has 3 amide bonds. The Kier molecular flexibility index (Phi) is 7.26. The van der Waals surface area contributed by atoms with Crippen LogP contribution in [0.1, 0.15) is 27.2 Å². The third-order valence-electron chi connectivity index (χ3n) is 4.43. The summed E-state index contributed by atoms with van der Waals surface area (Å²) in [6.07, 6.45) is 0.293. The molecular weight excluding hydrogens is 340 g/mol. The van der Waals surface area contributed by atoms with Crippen molar-refractivity contribution in [1.29, 1.82) is 0 Å². The molecule has 0 aromatic rings. The fourth-order valence-corrected chi connectivity index (χ4v) is 3.11. The Labute approximate surface area is 153 Å². The SMILES string of the molecule is CCOC(=O)C1=C(CN2CCN(C(=O)OCC)CC2)NC(=O)NC1CC. The summed E-state index contributed by atoms with van der Waals surface area (Å²) in [7, 11) is 0. The van der Waals surface area contributed by atoms with Crippen LogP contribution in [0.25, 0.3) is 0 Å². The fraction of sp³-hybridized carbons (Fsp3) is 0.706. The van der Waals surface area contributed by atoms with Crippen molar-refractivity contribution in [3.8, 4) is 0 Å². The van der Waals surface area contributed by atoms with Gasteiger partial charge >= 0.3 is 18.1 Å². The molecule has 146 valence electrons. The topological polar surface area (TPSA) is 100 Å². The Morgan fingerprint density at radius 2 is 1.73 bits per heavy atom.